The van der Waals surface area contributed by atoms with Gasteiger partial charge in [-0.05, 0) is 62.9 Å². The van der Waals surface area contributed by atoms with Crippen LogP contribution < -0.4 is 5.32 Å². The van der Waals surface area contributed by atoms with Crippen LogP contribution in [0.15, 0.2) is 33.2 Å². The van der Waals surface area contributed by atoms with Gasteiger partial charge in [-0.1, -0.05) is 22.0 Å². The van der Waals surface area contributed by atoms with Gasteiger partial charge in [-0.25, -0.2) is 0 Å². The van der Waals surface area contributed by atoms with Crippen molar-refractivity contribution in [2.75, 3.05) is 0 Å². The molecule has 0 radical (unpaired) electrons. The number of nitrogens with one attached hydrogen (secondary N) is 1. The van der Waals surface area contributed by atoms with Crippen LogP contribution in [-0.2, 0) is 6.42 Å². The molecule has 1 aliphatic rings. The highest BCUT2D eigenvalue weighted by atomic mass is 79.9. The van der Waals surface area contributed by atoms with E-state index in [0.717, 1.165) is 17.9 Å². The van der Waals surface area contributed by atoms with E-state index in [2.05, 4.69) is 52.4 Å². The monoisotopic (exact) mass is 333 g/mol. The highest BCUT2D eigenvalue weighted by Gasteiger charge is 2.25. The molecule has 0 fully saturated rings. The predicted octanol–water partition coefficient (Wildman–Crippen LogP) is 5.00. The number of halogens is 1. The second-order valence-corrected chi connectivity index (χ2v) is 6.61. The molecule has 1 aliphatic carbocycles. The average Bonchev–Trinajstić information content (AvgIpc) is 2.93. The summed E-state index contributed by atoms with van der Waals surface area (Å²) in [5, 5.41) is 3.75. The molecule has 2 aromatic rings. The second kappa shape index (κ2) is 5.38. The maximum absolute atomic E-state index is 5.64. The van der Waals surface area contributed by atoms with Crippen LogP contribution in [0, 0.1) is 13.8 Å². The Morgan fingerprint density at radius 1 is 1.30 bits per heavy atom. The largest absolute Gasteiger partial charge is 0.466 e. The SMILES string of the molecule is Cc1cc(C(C)NC2CCc3cc(Br)ccc32)c(C)o1. The Hall–Kier alpha value is -1.06. The molecule has 3 rings (SSSR count). The van der Waals surface area contributed by atoms with E-state index in [4.69, 9.17) is 4.42 Å². The number of furan rings is 1. The molecule has 1 aromatic carbocycles. The van der Waals surface area contributed by atoms with Gasteiger partial charge in [0.25, 0.3) is 0 Å². The van der Waals surface area contributed by atoms with Crippen LogP contribution in [0.2, 0.25) is 0 Å². The summed E-state index contributed by atoms with van der Waals surface area (Å²) in [7, 11) is 0. The second-order valence-electron chi connectivity index (χ2n) is 5.69. The maximum Gasteiger partial charge on any atom is 0.105 e. The topological polar surface area (TPSA) is 25.2 Å². The minimum Gasteiger partial charge on any atom is -0.466 e. The Morgan fingerprint density at radius 2 is 2.10 bits per heavy atom. The third-order valence-corrected chi connectivity index (χ3v) is 4.67. The summed E-state index contributed by atoms with van der Waals surface area (Å²) < 4.78 is 6.81. The van der Waals surface area contributed by atoms with Gasteiger partial charge in [0.15, 0.2) is 0 Å². The molecule has 0 amide bonds. The lowest BCUT2D eigenvalue weighted by Gasteiger charge is -2.20. The molecular formula is C17H20BrNO. The fraction of sp³-hybridized carbons (Fsp3) is 0.412. The van der Waals surface area contributed by atoms with Gasteiger partial charge in [0.2, 0.25) is 0 Å². The number of aryl methyl sites for hydroxylation is 3. The molecule has 0 spiro atoms. The number of hydrogen-bond donors (Lipinski definition) is 1. The maximum atomic E-state index is 5.64. The molecule has 0 saturated heterocycles. The Bertz CT molecular complexity index is 632. The van der Waals surface area contributed by atoms with E-state index in [0.29, 0.717) is 12.1 Å². The smallest absolute Gasteiger partial charge is 0.105 e. The van der Waals surface area contributed by atoms with Crippen molar-refractivity contribution in [2.45, 2.75) is 45.7 Å². The van der Waals surface area contributed by atoms with Crippen molar-refractivity contribution in [3.63, 3.8) is 0 Å². The molecule has 1 N–H and O–H groups in total. The summed E-state index contributed by atoms with van der Waals surface area (Å²) >= 11 is 3.55. The first-order chi connectivity index (χ1) is 9.54. The fourth-order valence-corrected chi connectivity index (χ4v) is 3.64. The first-order valence-electron chi connectivity index (χ1n) is 7.16. The summed E-state index contributed by atoms with van der Waals surface area (Å²) in [6.45, 7) is 6.26. The van der Waals surface area contributed by atoms with Crippen molar-refractivity contribution >= 4 is 15.9 Å². The van der Waals surface area contributed by atoms with Gasteiger partial charge in [0.05, 0.1) is 0 Å². The minimum absolute atomic E-state index is 0.312. The molecule has 0 saturated carbocycles. The summed E-state index contributed by atoms with van der Waals surface area (Å²) in [5.74, 6) is 2.01. The number of benzene rings is 1. The minimum atomic E-state index is 0.312. The van der Waals surface area contributed by atoms with Crippen molar-refractivity contribution in [3.8, 4) is 0 Å². The van der Waals surface area contributed by atoms with Crippen LogP contribution >= 0.6 is 15.9 Å². The molecule has 2 nitrogen and oxygen atoms in total. The van der Waals surface area contributed by atoms with Crippen molar-refractivity contribution in [1.29, 1.82) is 0 Å². The van der Waals surface area contributed by atoms with Crippen molar-refractivity contribution in [1.82, 2.24) is 5.32 Å². The van der Waals surface area contributed by atoms with Gasteiger partial charge in [-0.2, -0.15) is 0 Å². The van der Waals surface area contributed by atoms with Gasteiger partial charge < -0.3 is 9.73 Å². The van der Waals surface area contributed by atoms with E-state index in [9.17, 15) is 0 Å². The van der Waals surface area contributed by atoms with Crippen LogP contribution in [0.5, 0.6) is 0 Å². The highest BCUT2D eigenvalue weighted by Crippen LogP contribution is 2.35. The molecule has 0 aliphatic heterocycles. The quantitative estimate of drug-likeness (QED) is 0.855. The van der Waals surface area contributed by atoms with E-state index in [1.807, 2.05) is 13.8 Å². The Morgan fingerprint density at radius 3 is 2.80 bits per heavy atom. The summed E-state index contributed by atoms with van der Waals surface area (Å²) in [6, 6.07) is 9.52. The third-order valence-electron chi connectivity index (χ3n) is 4.18. The number of hydrogen-bond acceptors (Lipinski definition) is 2. The molecule has 3 heteroatoms. The molecule has 20 heavy (non-hydrogen) atoms. The molecule has 1 aromatic heterocycles. The van der Waals surface area contributed by atoms with Gasteiger partial charge in [-0.3, -0.25) is 0 Å². The van der Waals surface area contributed by atoms with Crippen LogP contribution in [0.4, 0.5) is 0 Å². The molecule has 2 atom stereocenters. The molecular weight excluding hydrogens is 314 g/mol. The lowest BCUT2D eigenvalue weighted by molar-refractivity contribution is 0.450. The van der Waals surface area contributed by atoms with E-state index >= 15 is 0 Å². The first-order valence-corrected chi connectivity index (χ1v) is 7.95. The standard InChI is InChI=1S/C17H20BrNO/c1-10-8-16(12(3)20-10)11(2)19-17-7-4-13-9-14(18)5-6-15(13)17/h5-6,8-9,11,17,19H,4,7H2,1-3H3. The van der Waals surface area contributed by atoms with Crippen LogP contribution in [0.25, 0.3) is 0 Å². The van der Waals surface area contributed by atoms with Crippen LogP contribution in [0.3, 0.4) is 0 Å². The van der Waals surface area contributed by atoms with Crippen LogP contribution in [0.1, 0.15) is 53.6 Å². The molecule has 106 valence electrons. The normalized spacial score (nSPS) is 19.1. The summed E-state index contributed by atoms with van der Waals surface area (Å²) in [6.07, 6.45) is 2.33. The van der Waals surface area contributed by atoms with Gasteiger partial charge in [0.1, 0.15) is 11.5 Å². The third kappa shape index (κ3) is 2.57. The lowest BCUT2D eigenvalue weighted by Crippen LogP contribution is -2.23. The molecule has 2 unspecified atom stereocenters. The van der Waals surface area contributed by atoms with Gasteiger partial charge >= 0.3 is 0 Å². The van der Waals surface area contributed by atoms with Crippen molar-refractivity contribution in [3.05, 3.63) is 56.9 Å². The number of fused-ring (bicyclic) bond motifs is 1. The zero-order valence-corrected chi connectivity index (χ0v) is 13.8. The van der Waals surface area contributed by atoms with Gasteiger partial charge in [0, 0.05) is 22.1 Å². The first kappa shape index (κ1) is 13.9. The summed E-state index contributed by atoms with van der Waals surface area (Å²) in [5.41, 5.74) is 4.18. The van der Waals surface area contributed by atoms with E-state index in [1.54, 1.807) is 0 Å². The average molecular weight is 334 g/mol. The van der Waals surface area contributed by atoms with Crippen molar-refractivity contribution < 1.29 is 4.42 Å². The summed E-state index contributed by atoms with van der Waals surface area (Å²) in [4.78, 5) is 0. The zero-order valence-electron chi connectivity index (χ0n) is 12.2. The Balaban J connectivity index is 1.79. The van der Waals surface area contributed by atoms with E-state index < -0.39 is 0 Å². The fourth-order valence-electron chi connectivity index (χ4n) is 3.23. The number of rotatable bonds is 3. The Labute approximate surface area is 128 Å². The van der Waals surface area contributed by atoms with E-state index in [1.165, 1.54) is 27.6 Å². The molecule has 0 bridgehead atoms. The Kier molecular flexibility index (Phi) is 3.74. The lowest BCUT2D eigenvalue weighted by atomic mass is 10.0. The predicted molar refractivity (Wildman–Crippen MR) is 84.9 cm³/mol. The van der Waals surface area contributed by atoms with Gasteiger partial charge in [-0.15, -0.1) is 0 Å². The van der Waals surface area contributed by atoms with Crippen LogP contribution in [-0.4, -0.2) is 0 Å². The highest BCUT2D eigenvalue weighted by molar-refractivity contribution is 9.10. The van der Waals surface area contributed by atoms with E-state index in [-0.39, 0.29) is 0 Å². The molecule has 1 heterocycles. The van der Waals surface area contributed by atoms with Crippen molar-refractivity contribution in [2.24, 2.45) is 0 Å². The zero-order chi connectivity index (χ0) is 14.3.